The fraction of sp³-hybridized carbons (Fsp3) is 0.435. The largest absolute Gasteiger partial charge is 0.374 e. The van der Waals surface area contributed by atoms with Crippen LogP contribution in [0.25, 0.3) is 0 Å². The Balaban J connectivity index is 0.863. The second-order valence-corrected chi connectivity index (χ2v) is 17.5. The van der Waals surface area contributed by atoms with E-state index in [0.717, 1.165) is 69.7 Å². The molecule has 3 unspecified atom stereocenters. The molecular formula is C46H54ClN9O4. The van der Waals surface area contributed by atoms with Crippen LogP contribution in [0.1, 0.15) is 86.7 Å². The molecule has 0 radical (unpaired) electrons. The summed E-state index contributed by atoms with van der Waals surface area (Å²) in [6.45, 7) is 9.62. The molecule has 2 bridgehead atoms. The highest BCUT2D eigenvalue weighted by Gasteiger charge is 2.42. The highest BCUT2D eigenvalue weighted by Crippen LogP contribution is 2.38. The van der Waals surface area contributed by atoms with Gasteiger partial charge in [-0.3, -0.25) is 29.4 Å². The first-order valence-electron chi connectivity index (χ1n) is 21.3. The van der Waals surface area contributed by atoms with Gasteiger partial charge >= 0.3 is 0 Å². The molecule has 60 heavy (non-hydrogen) atoms. The maximum atomic E-state index is 13.8. The number of likely N-dealkylation sites (tertiary alicyclic amines) is 2. The van der Waals surface area contributed by atoms with E-state index >= 15 is 0 Å². The third-order valence-electron chi connectivity index (χ3n) is 12.3. The molecule has 0 saturated carbocycles. The number of Topliss-reactive ketones (excluding diaryl/α,β-unsaturated/α-hetero) is 1. The second kappa shape index (κ2) is 18.0. The molecule has 3 atom stereocenters. The van der Waals surface area contributed by atoms with Crippen molar-refractivity contribution in [2.45, 2.75) is 89.8 Å². The van der Waals surface area contributed by atoms with Crippen molar-refractivity contribution in [3.63, 3.8) is 0 Å². The Morgan fingerprint density at radius 3 is 2.33 bits per heavy atom. The van der Waals surface area contributed by atoms with Crippen LogP contribution in [0.5, 0.6) is 0 Å². The minimum absolute atomic E-state index is 0.0569. The average Bonchev–Trinajstić information content (AvgIpc) is 3.49. The molecule has 314 valence electrons. The van der Waals surface area contributed by atoms with E-state index in [1.807, 2.05) is 30.3 Å². The number of anilines is 6. The summed E-state index contributed by atoms with van der Waals surface area (Å²) in [6.07, 6.45) is 7.36. The summed E-state index contributed by atoms with van der Waals surface area (Å²) < 4.78 is 0. The first kappa shape index (κ1) is 41.2. The fourth-order valence-electron chi connectivity index (χ4n) is 9.26. The predicted molar refractivity (Wildman–Crippen MR) is 236 cm³/mol. The number of hydrogen-bond acceptors (Lipinski definition) is 11. The van der Waals surface area contributed by atoms with E-state index in [1.54, 1.807) is 12.3 Å². The number of para-hydroxylation sites is 1. The summed E-state index contributed by atoms with van der Waals surface area (Å²) >= 11 is 6.51. The second-order valence-electron chi connectivity index (χ2n) is 17.1. The number of fused-ring (bicyclic) bond motifs is 2. The summed E-state index contributed by atoms with van der Waals surface area (Å²) in [4.78, 5) is 65.8. The van der Waals surface area contributed by atoms with Gasteiger partial charge in [-0.25, -0.2) is 4.98 Å². The van der Waals surface area contributed by atoms with E-state index in [-0.39, 0.29) is 35.6 Å². The van der Waals surface area contributed by atoms with Crippen LogP contribution in [0.4, 0.5) is 34.5 Å². The highest BCUT2D eigenvalue weighted by atomic mass is 35.5. The molecule has 14 heteroatoms. The van der Waals surface area contributed by atoms with E-state index in [4.69, 9.17) is 11.6 Å². The Bertz CT molecular complexity index is 2230. The standard InChI is InChI=1S/C46H54ClN9O4/c1-28(2)22-32-23-34(14-15-39(32)51-46-48-24-38(47)44(53-46)50-40-7-5-4-6-37(40)29(3)57)56-35-12-13-36(56)26-55(25-35)43(59)27-54-20-18-31(19-21-54)30-8-10-33(11-9-30)49-41-16-17-42(58)52-45(41)60/h4-11,14-15,23-24,28,31,35-36,41,49H,12-13,16-22,25-27H2,1-3H3,(H,52,58,60)(H2,48,50,51,53). The number of ketones is 1. The molecule has 1 aromatic heterocycles. The third kappa shape index (κ3) is 9.42. The number of piperidine rings is 2. The highest BCUT2D eigenvalue weighted by molar-refractivity contribution is 6.33. The number of carbonyl (C=O) groups is 4. The number of halogens is 1. The van der Waals surface area contributed by atoms with Gasteiger partial charge in [0.2, 0.25) is 23.7 Å². The number of imide groups is 1. The number of hydrogen-bond donors (Lipinski definition) is 4. The van der Waals surface area contributed by atoms with E-state index in [2.05, 4.69) is 90.1 Å². The number of aromatic nitrogens is 2. The lowest BCUT2D eigenvalue weighted by Gasteiger charge is -2.43. The maximum absolute atomic E-state index is 13.8. The monoisotopic (exact) mass is 831 g/mol. The fourth-order valence-corrected chi connectivity index (χ4v) is 9.40. The van der Waals surface area contributed by atoms with Crippen molar-refractivity contribution >= 4 is 69.6 Å². The van der Waals surface area contributed by atoms with Gasteiger partial charge in [0.05, 0.1) is 18.4 Å². The van der Waals surface area contributed by atoms with Crippen molar-refractivity contribution in [2.75, 3.05) is 53.6 Å². The summed E-state index contributed by atoms with van der Waals surface area (Å²) in [5.41, 5.74) is 6.59. The molecule has 0 aliphatic carbocycles. The predicted octanol–water partition coefficient (Wildman–Crippen LogP) is 7.29. The Morgan fingerprint density at radius 2 is 1.63 bits per heavy atom. The topological polar surface area (TPSA) is 152 Å². The SMILES string of the molecule is CC(=O)c1ccccc1Nc1nc(Nc2ccc(N3C4CCC3CN(C(=O)CN3CCC(c5ccc(NC6CCC(=O)NC6=O)cc5)CC3)C4)cc2CC(C)C)ncc1Cl. The zero-order chi connectivity index (χ0) is 41.9. The Kier molecular flexibility index (Phi) is 12.4. The molecule has 4 aromatic rings. The molecule has 13 nitrogen and oxygen atoms in total. The van der Waals surface area contributed by atoms with Crippen LogP contribution in [0.3, 0.4) is 0 Å². The zero-order valence-corrected chi connectivity index (χ0v) is 35.3. The number of carbonyl (C=O) groups excluding carboxylic acids is 4. The van der Waals surface area contributed by atoms with Crippen LogP contribution in [0.15, 0.2) is 72.9 Å². The molecule has 4 aliphatic rings. The van der Waals surface area contributed by atoms with Gasteiger partial charge in [0.1, 0.15) is 11.1 Å². The molecule has 4 fully saturated rings. The smallest absolute Gasteiger partial charge is 0.249 e. The van der Waals surface area contributed by atoms with Crippen LogP contribution in [0.2, 0.25) is 5.02 Å². The van der Waals surface area contributed by atoms with E-state index in [0.29, 0.717) is 59.3 Å². The molecule has 3 aromatic carbocycles. The number of nitrogens with zero attached hydrogens (tertiary/aromatic N) is 5. The number of piperazine rings is 1. The van der Waals surface area contributed by atoms with E-state index in [9.17, 15) is 19.2 Å². The van der Waals surface area contributed by atoms with Crippen LogP contribution in [-0.4, -0.2) is 94.1 Å². The van der Waals surface area contributed by atoms with Gasteiger partial charge in [0, 0.05) is 54.2 Å². The molecular weight excluding hydrogens is 778 g/mol. The first-order valence-corrected chi connectivity index (χ1v) is 21.6. The first-order chi connectivity index (χ1) is 29.0. The number of rotatable bonds is 13. The van der Waals surface area contributed by atoms with Crippen LogP contribution >= 0.6 is 11.6 Å². The van der Waals surface area contributed by atoms with Crippen molar-refractivity contribution in [1.82, 2.24) is 25.1 Å². The molecule has 5 heterocycles. The van der Waals surface area contributed by atoms with Gasteiger partial charge in [-0.1, -0.05) is 49.7 Å². The average molecular weight is 832 g/mol. The molecule has 3 amide bonds. The van der Waals surface area contributed by atoms with Gasteiger partial charge in [-0.2, -0.15) is 4.98 Å². The molecule has 0 spiro atoms. The van der Waals surface area contributed by atoms with Gasteiger partial charge in [-0.05, 0) is 124 Å². The maximum Gasteiger partial charge on any atom is 0.249 e. The summed E-state index contributed by atoms with van der Waals surface area (Å²) in [6, 6.07) is 22.3. The summed E-state index contributed by atoms with van der Waals surface area (Å²) in [5, 5.41) is 12.7. The molecule has 4 saturated heterocycles. The zero-order valence-electron chi connectivity index (χ0n) is 34.5. The minimum Gasteiger partial charge on any atom is -0.374 e. The summed E-state index contributed by atoms with van der Waals surface area (Å²) in [7, 11) is 0. The number of nitrogens with one attached hydrogen (secondary N) is 4. The minimum atomic E-state index is -0.397. The molecule has 4 aliphatic heterocycles. The normalized spacial score (nSPS) is 20.9. The third-order valence-corrected chi connectivity index (χ3v) is 12.6. The van der Waals surface area contributed by atoms with Crippen LogP contribution in [0, 0.1) is 5.92 Å². The molecule has 8 rings (SSSR count). The van der Waals surface area contributed by atoms with E-state index < -0.39 is 6.04 Å². The lowest BCUT2D eigenvalue weighted by Crippen LogP contribution is -2.57. The van der Waals surface area contributed by atoms with E-state index in [1.165, 1.54) is 23.7 Å². The Hall–Kier alpha value is -5.53. The summed E-state index contributed by atoms with van der Waals surface area (Å²) in [5.74, 6) is 1.32. The Labute approximate surface area is 356 Å². The number of amides is 3. The van der Waals surface area contributed by atoms with Crippen molar-refractivity contribution in [1.29, 1.82) is 0 Å². The van der Waals surface area contributed by atoms with Gasteiger partial charge in [0.25, 0.3) is 0 Å². The quantitative estimate of drug-likeness (QED) is 0.0794. The molecule has 4 N–H and O–H groups in total. The number of benzene rings is 3. The van der Waals surface area contributed by atoms with Crippen molar-refractivity contribution in [2.24, 2.45) is 5.92 Å². The lowest BCUT2D eigenvalue weighted by molar-refractivity contribution is -0.134. The van der Waals surface area contributed by atoms with Gasteiger partial charge in [0.15, 0.2) is 11.6 Å². The van der Waals surface area contributed by atoms with Crippen LogP contribution in [-0.2, 0) is 20.8 Å². The van der Waals surface area contributed by atoms with Crippen molar-refractivity contribution < 1.29 is 19.2 Å². The Morgan fingerprint density at radius 1 is 0.900 bits per heavy atom. The van der Waals surface area contributed by atoms with Gasteiger partial charge in [-0.15, -0.1) is 0 Å². The van der Waals surface area contributed by atoms with Crippen molar-refractivity contribution in [3.05, 3.63) is 94.6 Å². The van der Waals surface area contributed by atoms with Crippen LogP contribution < -0.4 is 26.2 Å². The van der Waals surface area contributed by atoms with Gasteiger partial charge < -0.3 is 25.8 Å². The van der Waals surface area contributed by atoms with Crippen molar-refractivity contribution in [3.8, 4) is 0 Å². The lowest BCUT2D eigenvalue weighted by atomic mass is 9.89.